The molecule has 80 valence electrons. The van der Waals surface area contributed by atoms with Crippen LogP contribution in [0.3, 0.4) is 0 Å². The molecular formula is C12H13ClO2. The van der Waals surface area contributed by atoms with Crippen molar-refractivity contribution in [3.05, 3.63) is 48.6 Å². The van der Waals surface area contributed by atoms with E-state index in [4.69, 9.17) is 16.3 Å². The first-order chi connectivity index (χ1) is 7.17. The number of rotatable bonds is 5. The van der Waals surface area contributed by atoms with Gasteiger partial charge in [-0.05, 0) is 17.2 Å². The largest absolute Gasteiger partial charge is 0.364 e. The molecule has 3 heteroatoms. The molecule has 0 aliphatic heterocycles. The molecule has 0 amide bonds. The van der Waals surface area contributed by atoms with E-state index in [1.54, 1.807) is 6.08 Å². The molecule has 0 fully saturated rings. The second-order valence-electron chi connectivity index (χ2n) is 3.16. The van der Waals surface area contributed by atoms with E-state index >= 15 is 0 Å². The van der Waals surface area contributed by atoms with Crippen molar-refractivity contribution < 1.29 is 9.53 Å². The average molecular weight is 225 g/mol. The molecule has 0 N–H and O–H groups in total. The Morgan fingerprint density at radius 1 is 1.53 bits per heavy atom. The highest BCUT2D eigenvalue weighted by Gasteiger charge is 2.37. The maximum atomic E-state index is 11.5. The fourth-order valence-corrected chi connectivity index (χ4v) is 1.77. The molecule has 0 aromatic heterocycles. The normalized spacial score (nSPS) is 14.3. The molecule has 0 bridgehead atoms. The second kappa shape index (κ2) is 5.10. The Labute approximate surface area is 94.5 Å². The number of hydrogen-bond acceptors (Lipinski definition) is 2. The van der Waals surface area contributed by atoms with Crippen molar-refractivity contribution in [1.29, 1.82) is 0 Å². The first-order valence-corrected chi connectivity index (χ1v) is 4.96. The fourth-order valence-electron chi connectivity index (χ4n) is 1.50. The molecular weight excluding hydrogens is 212 g/mol. The zero-order valence-corrected chi connectivity index (χ0v) is 9.33. The molecule has 1 atom stereocenters. The molecule has 1 aromatic carbocycles. The number of carbonyl (C=O) groups excluding carboxylic acids is 1. The highest BCUT2D eigenvalue weighted by Crippen LogP contribution is 2.31. The minimum Gasteiger partial charge on any atom is -0.364 e. The standard InChI is InChI=1S/C12H13ClO2/c1-3-9-12(15-2,11(13)14)10-7-5-4-6-8-10/h3-8H,1,9H2,2H3. The van der Waals surface area contributed by atoms with E-state index in [2.05, 4.69) is 6.58 Å². The van der Waals surface area contributed by atoms with Crippen molar-refractivity contribution in [2.45, 2.75) is 12.0 Å². The van der Waals surface area contributed by atoms with Crippen LogP contribution in [0.1, 0.15) is 12.0 Å². The number of methoxy groups -OCH3 is 1. The van der Waals surface area contributed by atoms with Gasteiger partial charge >= 0.3 is 0 Å². The lowest BCUT2D eigenvalue weighted by atomic mass is 9.91. The molecule has 1 unspecified atom stereocenters. The number of halogens is 1. The summed E-state index contributed by atoms with van der Waals surface area (Å²) >= 11 is 5.60. The van der Waals surface area contributed by atoms with Gasteiger partial charge < -0.3 is 4.74 Å². The summed E-state index contributed by atoms with van der Waals surface area (Å²) in [6, 6.07) is 9.18. The predicted molar refractivity (Wildman–Crippen MR) is 60.8 cm³/mol. The fraction of sp³-hybridized carbons (Fsp3) is 0.250. The molecule has 0 radical (unpaired) electrons. The molecule has 2 nitrogen and oxygen atoms in total. The van der Waals surface area contributed by atoms with E-state index in [-0.39, 0.29) is 0 Å². The summed E-state index contributed by atoms with van der Waals surface area (Å²) < 4.78 is 5.27. The number of benzene rings is 1. The van der Waals surface area contributed by atoms with Gasteiger partial charge in [0.25, 0.3) is 5.24 Å². The molecule has 0 saturated heterocycles. The van der Waals surface area contributed by atoms with Crippen LogP contribution in [0.5, 0.6) is 0 Å². The lowest BCUT2D eigenvalue weighted by Gasteiger charge is -2.27. The minimum atomic E-state index is -1.11. The van der Waals surface area contributed by atoms with Gasteiger partial charge in [0.05, 0.1) is 0 Å². The van der Waals surface area contributed by atoms with Gasteiger partial charge in [-0.25, -0.2) is 0 Å². The van der Waals surface area contributed by atoms with Gasteiger partial charge in [-0.2, -0.15) is 0 Å². The van der Waals surface area contributed by atoms with Gasteiger partial charge in [0.15, 0.2) is 5.60 Å². The van der Waals surface area contributed by atoms with Crippen molar-refractivity contribution in [2.75, 3.05) is 7.11 Å². The number of ether oxygens (including phenoxy) is 1. The summed E-state index contributed by atoms with van der Waals surface area (Å²) in [5.74, 6) is 0. The Balaban J connectivity index is 3.21. The van der Waals surface area contributed by atoms with E-state index in [1.807, 2.05) is 30.3 Å². The summed E-state index contributed by atoms with van der Waals surface area (Å²) in [6.45, 7) is 3.61. The van der Waals surface area contributed by atoms with Crippen LogP contribution in [0, 0.1) is 0 Å². The van der Waals surface area contributed by atoms with Gasteiger partial charge in [0.2, 0.25) is 0 Å². The van der Waals surface area contributed by atoms with E-state index in [9.17, 15) is 4.79 Å². The molecule has 0 spiro atoms. The van der Waals surface area contributed by atoms with E-state index in [1.165, 1.54) is 7.11 Å². The maximum absolute atomic E-state index is 11.5. The Bertz CT molecular complexity index is 348. The lowest BCUT2D eigenvalue weighted by Crippen LogP contribution is -2.34. The van der Waals surface area contributed by atoms with E-state index in [0.29, 0.717) is 6.42 Å². The van der Waals surface area contributed by atoms with Gasteiger partial charge in [-0.15, -0.1) is 6.58 Å². The van der Waals surface area contributed by atoms with Crippen molar-refractivity contribution in [3.8, 4) is 0 Å². The minimum absolute atomic E-state index is 0.357. The smallest absolute Gasteiger partial charge is 0.258 e. The summed E-state index contributed by atoms with van der Waals surface area (Å²) in [5.41, 5.74) is -0.364. The first-order valence-electron chi connectivity index (χ1n) is 4.59. The van der Waals surface area contributed by atoms with Crippen LogP contribution in [-0.2, 0) is 15.1 Å². The van der Waals surface area contributed by atoms with Crippen LogP contribution >= 0.6 is 11.6 Å². The third kappa shape index (κ3) is 2.28. The molecule has 1 aromatic rings. The van der Waals surface area contributed by atoms with E-state index < -0.39 is 10.8 Å². The van der Waals surface area contributed by atoms with Crippen LogP contribution in [0.15, 0.2) is 43.0 Å². The zero-order chi connectivity index (χ0) is 11.3. The Kier molecular flexibility index (Phi) is 4.06. The average Bonchev–Trinajstić information content (AvgIpc) is 2.26. The SMILES string of the molecule is C=CCC(OC)(C(=O)Cl)c1ccccc1. The van der Waals surface area contributed by atoms with E-state index in [0.717, 1.165) is 5.56 Å². The van der Waals surface area contributed by atoms with Crippen LogP contribution in [0.4, 0.5) is 0 Å². The van der Waals surface area contributed by atoms with Crippen molar-refractivity contribution in [2.24, 2.45) is 0 Å². The second-order valence-corrected chi connectivity index (χ2v) is 3.51. The van der Waals surface area contributed by atoms with Crippen molar-refractivity contribution in [1.82, 2.24) is 0 Å². The predicted octanol–water partition coefficient (Wildman–Crippen LogP) is 2.87. The summed E-state index contributed by atoms with van der Waals surface area (Å²) in [7, 11) is 1.47. The third-order valence-corrected chi connectivity index (χ3v) is 2.64. The van der Waals surface area contributed by atoms with Gasteiger partial charge in [0.1, 0.15) is 0 Å². The number of carbonyl (C=O) groups is 1. The van der Waals surface area contributed by atoms with Crippen LogP contribution in [-0.4, -0.2) is 12.4 Å². The number of hydrogen-bond donors (Lipinski definition) is 0. The topological polar surface area (TPSA) is 26.3 Å². The van der Waals surface area contributed by atoms with Crippen molar-refractivity contribution in [3.63, 3.8) is 0 Å². The summed E-state index contributed by atoms with van der Waals surface area (Å²) in [6.07, 6.45) is 1.98. The first kappa shape index (κ1) is 12.0. The quantitative estimate of drug-likeness (QED) is 0.568. The Morgan fingerprint density at radius 2 is 2.13 bits per heavy atom. The van der Waals surface area contributed by atoms with Gasteiger partial charge in [0, 0.05) is 13.5 Å². The van der Waals surface area contributed by atoms with Crippen LogP contribution < -0.4 is 0 Å². The lowest BCUT2D eigenvalue weighted by molar-refractivity contribution is -0.133. The zero-order valence-electron chi connectivity index (χ0n) is 8.57. The highest BCUT2D eigenvalue weighted by atomic mass is 35.5. The van der Waals surface area contributed by atoms with Crippen LogP contribution in [0.25, 0.3) is 0 Å². The molecule has 0 aliphatic carbocycles. The Hall–Kier alpha value is -1.12. The summed E-state index contributed by atoms with van der Waals surface area (Å²) in [5, 5.41) is -0.531. The molecule has 1 rings (SSSR count). The third-order valence-electron chi connectivity index (χ3n) is 2.34. The highest BCUT2D eigenvalue weighted by molar-refractivity contribution is 6.65. The molecule has 0 heterocycles. The van der Waals surface area contributed by atoms with Crippen LogP contribution in [0.2, 0.25) is 0 Å². The summed E-state index contributed by atoms with van der Waals surface area (Å²) in [4.78, 5) is 11.5. The maximum Gasteiger partial charge on any atom is 0.258 e. The molecule has 15 heavy (non-hydrogen) atoms. The Morgan fingerprint density at radius 3 is 2.53 bits per heavy atom. The van der Waals surface area contributed by atoms with Gasteiger partial charge in [-0.1, -0.05) is 36.4 Å². The van der Waals surface area contributed by atoms with Crippen molar-refractivity contribution >= 4 is 16.8 Å². The van der Waals surface area contributed by atoms with Gasteiger partial charge in [-0.3, -0.25) is 4.79 Å². The molecule has 0 aliphatic rings. The molecule has 0 saturated carbocycles. The monoisotopic (exact) mass is 224 g/mol.